The van der Waals surface area contributed by atoms with Crippen LogP contribution in [0.15, 0.2) is 0 Å². The van der Waals surface area contributed by atoms with Gasteiger partial charge in [-0.1, -0.05) is 26.2 Å². The Morgan fingerprint density at radius 1 is 1.38 bits per heavy atom. The number of aromatic nitrogens is 4. The zero-order valence-electron chi connectivity index (χ0n) is 9.94. The lowest BCUT2D eigenvalue weighted by atomic mass is 9.72. The van der Waals surface area contributed by atoms with Crippen LogP contribution in [-0.2, 0) is 18.3 Å². The normalized spacial score (nSPS) is 19.6. The van der Waals surface area contributed by atoms with Gasteiger partial charge in [-0.15, -0.1) is 10.2 Å². The molecule has 88 valence electrons. The Labute approximate surface area is 95.2 Å². The zero-order valence-corrected chi connectivity index (χ0v) is 9.94. The Balaban J connectivity index is 2.01. The highest BCUT2D eigenvalue weighted by molar-refractivity contribution is 5.85. The first-order valence-electron chi connectivity index (χ1n) is 5.86. The van der Waals surface area contributed by atoms with Crippen LogP contribution in [0.2, 0.25) is 0 Å². The third-order valence-corrected chi connectivity index (χ3v) is 3.50. The summed E-state index contributed by atoms with van der Waals surface area (Å²) in [6, 6.07) is 0. The van der Waals surface area contributed by atoms with Crippen molar-refractivity contribution in [1.29, 1.82) is 0 Å². The first kappa shape index (κ1) is 11.2. The molecule has 1 heterocycles. The van der Waals surface area contributed by atoms with Crippen molar-refractivity contribution in [3.8, 4) is 0 Å². The quantitative estimate of drug-likeness (QED) is 0.773. The number of carbonyl (C=O) groups is 1. The van der Waals surface area contributed by atoms with Crippen molar-refractivity contribution in [3.63, 3.8) is 0 Å². The lowest BCUT2D eigenvalue weighted by molar-refractivity contribution is -0.129. The summed E-state index contributed by atoms with van der Waals surface area (Å²) in [5.41, 5.74) is -0.155. The summed E-state index contributed by atoms with van der Waals surface area (Å²) in [6.07, 6.45) is 5.92. The maximum absolute atomic E-state index is 12.2. The first-order chi connectivity index (χ1) is 7.60. The molecule has 0 atom stereocenters. The third-order valence-electron chi connectivity index (χ3n) is 3.50. The lowest BCUT2D eigenvalue weighted by Crippen LogP contribution is -2.31. The Bertz CT molecular complexity index is 379. The molecule has 1 aromatic heterocycles. The van der Waals surface area contributed by atoms with Crippen LogP contribution in [0.1, 0.15) is 44.9 Å². The van der Waals surface area contributed by atoms with Crippen LogP contribution < -0.4 is 0 Å². The van der Waals surface area contributed by atoms with Crippen LogP contribution in [0.5, 0.6) is 0 Å². The average Bonchev–Trinajstić information content (AvgIpc) is 2.65. The summed E-state index contributed by atoms with van der Waals surface area (Å²) in [6.45, 7) is 2.07. The van der Waals surface area contributed by atoms with E-state index >= 15 is 0 Å². The number of ketones is 1. The van der Waals surface area contributed by atoms with Gasteiger partial charge in [-0.2, -0.15) is 4.80 Å². The largest absolute Gasteiger partial charge is 0.299 e. The van der Waals surface area contributed by atoms with Crippen molar-refractivity contribution in [1.82, 2.24) is 20.2 Å². The Kier molecular flexibility index (Phi) is 3.03. The second kappa shape index (κ2) is 4.31. The number of rotatable bonds is 3. The smallest absolute Gasteiger partial charge is 0.182 e. The van der Waals surface area contributed by atoms with Gasteiger partial charge < -0.3 is 0 Å². The monoisotopic (exact) mass is 222 g/mol. The molecule has 5 nitrogen and oxygen atoms in total. The number of nitrogens with zero attached hydrogens (tertiary/aromatic N) is 4. The molecular weight excluding hydrogens is 204 g/mol. The minimum absolute atomic E-state index is 0.155. The van der Waals surface area contributed by atoms with Crippen LogP contribution in [0.3, 0.4) is 0 Å². The van der Waals surface area contributed by atoms with E-state index in [0.29, 0.717) is 12.2 Å². The van der Waals surface area contributed by atoms with E-state index in [9.17, 15) is 4.79 Å². The van der Waals surface area contributed by atoms with Crippen LogP contribution in [0.25, 0.3) is 0 Å². The molecule has 1 aliphatic carbocycles. The maximum atomic E-state index is 12.2. The van der Waals surface area contributed by atoms with Crippen LogP contribution in [0.4, 0.5) is 0 Å². The summed E-state index contributed by atoms with van der Waals surface area (Å²) < 4.78 is 0. The molecule has 1 fully saturated rings. The fourth-order valence-corrected chi connectivity index (χ4v) is 2.36. The number of Topliss-reactive ketones (excluding diaryl/α,β-unsaturated/α-hetero) is 1. The summed E-state index contributed by atoms with van der Waals surface area (Å²) >= 11 is 0. The molecule has 0 aliphatic heterocycles. The van der Waals surface area contributed by atoms with Gasteiger partial charge in [-0.25, -0.2) is 0 Å². The van der Waals surface area contributed by atoms with Gasteiger partial charge in [0.25, 0.3) is 0 Å². The van der Waals surface area contributed by atoms with Crippen molar-refractivity contribution in [2.45, 2.75) is 45.4 Å². The standard InChI is InChI=1S/C11H18N4O/c1-11(6-4-3-5-7-11)9(16)8-10-12-14-15(2)13-10/h3-8H2,1-2H3. The predicted molar refractivity (Wildman–Crippen MR) is 58.7 cm³/mol. The molecule has 0 bridgehead atoms. The van der Waals surface area contributed by atoms with E-state index in [2.05, 4.69) is 22.3 Å². The second-order valence-electron chi connectivity index (χ2n) is 4.92. The van der Waals surface area contributed by atoms with Crippen molar-refractivity contribution in [2.75, 3.05) is 0 Å². The third kappa shape index (κ3) is 2.28. The summed E-state index contributed by atoms with van der Waals surface area (Å²) in [4.78, 5) is 13.6. The minimum atomic E-state index is -0.155. The van der Waals surface area contributed by atoms with Gasteiger partial charge in [0.1, 0.15) is 5.78 Å². The minimum Gasteiger partial charge on any atom is -0.299 e. The number of aryl methyl sites for hydroxylation is 1. The van der Waals surface area contributed by atoms with Gasteiger partial charge in [-0.3, -0.25) is 4.79 Å². The molecule has 0 radical (unpaired) electrons. The molecule has 0 saturated heterocycles. The maximum Gasteiger partial charge on any atom is 0.182 e. The SMILES string of the molecule is Cn1nnc(CC(=O)C2(C)CCCCC2)n1. The van der Waals surface area contributed by atoms with Gasteiger partial charge in [0.15, 0.2) is 5.82 Å². The van der Waals surface area contributed by atoms with Gasteiger partial charge in [-0.05, 0) is 18.1 Å². The van der Waals surface area contributed by atoms with E-state index in [1.54, 1.807) is 7.05 Å². The molecule has 0 unspecified atom stereocenters. The molecule has 1 saturated carbocycles. The highest BCUT2D eigenvalue weighted by Gasteiger charge is 2.34. The predicted octanol–water partition coefficient (Wildman–Crippen LogP) is 1.29. The topological polar surface area (TPSA) is 60.7 Å². The van der Waals surface area contributed by atoms with Crippen LogP contribution >= 0.6 is 0 Å². The van der Waals surface area contributed by atoms with Crippen LogP contribution in [0, 0.1) is 5.41 Å². The summed E-state index contributed by atoms with van der Waals surface area (Å²) in [5, 5.41) is 11.7. The lowest BCUT2D eigenvalue weighted by Gasteiger charge is -2.31. The van der Waals surface area contributed by atoms with Crippen molar-refractivity contribution < 1.29 is 4.79 Å². The van der Waals surface area contributed by atoms with Gasteiger partial charge >= 0.3 is 0 Å². The summed E-state index contributed by atoms with van der Waals surface area (Å²) in [7, 11) is 1.71. The number of tetrazole rings is 1. The van der Waals surface area contributed by atoms with Crippen molar-refractivity contribution in [2.24, 2.45) is 12.5 Å². The molecular formula is C11H18N4O. The van der Waals surface area contributed by atoms with Gasteiger partial charge in [0.2, 0.25) is 0 Å². The first-order valence-corrected chi connectivity index (χ1v) is 5.86. The molecule has 0 spiro atoms. The Morgan fingerprint density at radius 3 is 2.62 bits per heavy atom. The molecule has 16 heavy (non-hydrogen) atoms. The molecule has 0 amide bonds. The second-order valence-corrected chi connectivity index (χ2v) is 4.92. The Morgan fingerprint density at radius 2 is 2.06 bits per heavy atom. The van der Waals surface area contributed by atoms with E-state index in [0.717, 1.165) is 25.7 Å². The average molecular weight is 222 g/mol. The van der Waals surface area contributed by atoms with Crippen LogP contribution in [-0.4, -0.2) is 26.0 Å². The molecule has 5 heteroatoms. The van der Waals surface area contributed by atoms with E-state index in [1.807, 2.05) is 0 Å². The highest BCUT2D eigenvalue weighted by Crippen LogP contribution is 2.37. The van der Waals surface area contributed by atoms with Crippen molar-refractivity contribution >= 4 is 5.78 Å². The van der Waals surface area contributed by atoms with Gasteiger partial charge in [0, 0.05) is 5.41 Å². The van der Waals surface area contributed by atoms with Crippen molar-refractivity contribution in [3.05, 3.63) is 5.82 Å². The fourth-order valence-electron chi connectivity index (χ4n) is 2.36. The van der Waals surface area contributed by atoms with Gasteiger partial charge in [0.05, 0.1) is 13.5 Å². The highest BCUT2D eigenvalue weighted by atomic mass is 16.1. The van der Waals surface area contributed by atoms with E-state index < -0.39 is 0 Å². The van der Waals surface area contributed by atoms with E-state index in [4.69, 9.17) is 0 Å². The number of carbonyl (C=O) groups excluding carboxylic acids is 1. The fraction of sp³-hybridized carbons (Fsp3) is 0.818. The zero-order chi connectivity index (χ0) is 11.6. The number of hydrogen-bond acceptors (Lipinski definition) is 4. The summed E-state index contributed by atoms with van der Waals surface area (Å²) in [5.74, 6) is 0.805. The Hall–Kier alpha value is -1.26. The van der Waals surface area contributed by atoms with E-state index in [-0.39, 0.29) is 11.2 Å². The van der Waals surface area contributed by atoms with E-state index in [1.165, 1.54) is 11.2 Å². The number of hydrogen-bond donors (Lipinski definition) is 0. The molecule has 2 rings (SSSR count). The molecule has 0 N–H and O–H groups in total. The molecule has 1 aromatic rings. The molecule has 0 aromatic carbocycles. The molecule has 1 aliphatic rings.